The number of nitro groups is 2. The predicted molar refractivity (Wildman–Crippen MR) is 48.0 cm³/mol. The molecule has 1 rings (SSSR count). The van der Waals surface area contributed by atoms with E-state index in [-0.39, 0.29) is 0 Å². The summed E-state index contributed by atoms with van der Waals surface area (Å²) in [5.41, 5.74) is -1.68. The second kappa shape index (κ2) is 4.24. The fraction of sp³-hybridized carbons (Fsp3) is 0. The van der Waals surface area contributed by atoms with E-state index in [2.05, 4.69) is 0 Å². The summed E-state index contributed by atoms with van der Waals surface area (Å²) in [6, 6.07) is 3.09. The third-order valence-electron chi connectivity index (χ3n) is 1.58. The third kappa shape index (κ3) is 2.23. The zero-order valence-corrected chi connectivity index (χ0v) is 8.94. The minimum absolute atomic E-state index is 0.471. The molecule has 0 amide bonds. The molecule has 1 N–H and O–H groups in total. The van der Waals surface area contributed by atoms with Gasteiger partial charge in [-0.25, -0.2) is 0 Å². The summed E-state index contributed by atoms with van der Waals surface area (Å²) in [5, 5.41) is 21.0. The van der Waals surface area contributed by atoms with Crippen molar-refractivity contribution >= 4 is 30.7 Å². The number of benzene rings is 1. The monoisotopic (exact) mass is 275 g/mol. The molecule has 0 heterocycles. The molecule has 8 nitrogen and oxygen atoms in total. The molecule has 1 aromatic rings. The molecule has 1 radical (unpaired) electrons. The number of para-hydroxylation sites is 1. The fourth-order valence-corrected chi connectivity index (χ4v) is 2.25. The van der Waals surface area contributed by atoms with Gasteiger partial charge in [0.1, 0.15) is 0 Å². The minimum atomic E-state index is -3.76. The Morgan fingerprint density at radius 3 is 2.20 bits per heavy atom. The SMILES string of the molecule is O=[N+]([O-])c1cccc([As](=O)O)c1[N+](=O)[O-]. The van der Waals surface area contributed by atoms with E-state index in [0.717, 1.165) is 18.2 Å². The Bertz CT molecular complexity index is 427. The number of nitro benzene ring substituents is 2. The van der Waals surface area contributed by atoms with Crippen LogP contribution in [0.3, 0.4) is 0 Å². The molecule has 1 atom stereocenters. The van der Waals surface area contributed by atoms with Crippen molar-refractivity contribution in [3.05, 3.63) is 38.4 Å². The van der Waals surface area contributed by atoms with E-state index in [9.17, 15) is 24.0 Å². The Labute approximate surface area is 87.3 Å². The van der Waals surface area contributed by atoms with Crippen LogP contribution in [0.25, 0.3) is 0 Å². The maximum absolute atomic E-state index is 10.8. The van der Waals surface area contributed by atoms with E-state index in [0.29, 0.717) is 0 Å². The fourth-order valence-electron chi connectivity index (χ4n) is 1.01. The number of nitrogens with zero attached hydrogens (tertiary/aromatic N) is 2. The molecular weight excluding hydrogens is 271 g/mol. The van der Waals surface area contributed by atoms with Gasteiger partial charge in [-0.2, -0.15) is 0 Å². The molecule has 0 aliphatic rings. The van der Waals surface area contributed by atoms with E-state index in [1.807, 2.05) is 0 Å². The molecule has 15 heavy (non-hydrogen) atoms. The van der Waals surface area contributed by atoms with Gasteiger partial charge in [-0.15, -0.1) is 0 Å². The first kappa shape index (κ1) is 11.4. The van der Waals surface area contributed by atoms with Gasteiger partial charge in [0.15, 0.2) is 0 Å². The van der Waals surface area contributed by atoms with Gasteiger partial charge in [0, 0.05) is 0 Å². The Morgan fingerprint density at radius 2 is 1.80 bits per heavy atom. The van der Waals surface area contributed by atoms with Crippen LogP contribution in [0.1, 0.15) is 0 Å². The van der Waals surface area contributed by atoms with Crippen LogP contribution < -0.4 is 4.35 Å². The molecule has 0 saturated heterocycles. The summed E-state index contributed by atoms with van der Waals surface area (Å²) in [5.74, 6) is 0. The molecule has 0 aromatic heterocycles. The molecule has 0 spiro atoms. The molecule has 0 fully saturated rings. The van der Waals surface area contributed by atoms with E-state index in [1.165, 1.54) is 0 Å². The topological polar surface area (TPSA) is 124 Å². The Hall–Kier alpha value is -1.66. The van der Waals surface area contributed by atoms with Crippen LogP contribution >= 0.6 is 0 Å². The van der Waals surface area contributed by atoms with E-state index < -0.39 is 40.5 Å². The first-order valence-corrected chi connectivity index (χ1v) is 6.07. The standard InChI is InChI=1S/C6H4AsN2O6/c10-7(11)4-2-1-3-5(8(12)13)6(4)9(14)15/h1-3H,(H,10,11). The van der Waals surface area contributed by atoms with Gasteiger partial charge in [0.2, 0.25) is 0 Å². The van der Waals surface area contributed by atoms with Gasteiger partial charge >= 0.3 is 86.8 Å². The molecule has 0 aliphatic heterocycles. The summed E-state index contributed by atoms with van der Waals surface area (Å²) < 4.78 is 19.2. The van der Waals surface area contributed by atoms with Crippen LogP contribution in [-0.2, 0) is 3.74 Å². The Balaban J connectivity index is 3.56. The van der Waals surface area contributed by atoms with Crippen molar-refractivity contribution in [3.8, 4) is 0 Å². The van der Waals surface area contributed by atoms with Crippen LogP contribution in [-0.4, -0.2) is 28.9 Å². The summed E-state index contributed by atoms with van der Waals surface area (Å²) in [7, 11) is 0. The maximum atomic E-state index is 10.8. The summed E-state index contributed by atoms with van der Waals surface area (Å²) >= 11 is -3.76. The van der Waals surface area contributed by atoms with Crippen molar-refractivity contribution in [3.63, 3.8) is 0 Å². The van der Waals surface area contributed by atoms with Crippen molar-refractivity contribution in [1.82, 2.24) is 0 Å². The zero-order chi connectivity index (χ0) is 11.6. The first-order valence-electron chi connectivity index (χ1n) is 3.53. The molecule has 0 saturated carbocycles. The Kier molecular flexibility index (Phi) is 3.23. The number of hydrogen-bond donors (Lipinski definition) is 1. The van der Waals surface area contributed by atoms with Gasteiger partial charge < -0.3 is 0 Å². The summed E-state index contributed by atoms with van der Waals surface area (Å²) in [4.78, 5) is 19.0. The molecule has 79 valence electrons. The Morgan fingerprint density at radius 1 is 1.20 bits per heavy atom. The van der Waals surface area contributed by atoms with E-state index >= 15 is 0 Å². The average Bonchev–Trinajstić information content (AvgIpc) is 2.16. The van der Waals surface area contributed by atoms with Gasteiger partial charge in [-0.1, -0.05) is 0 Å². The molecule has 1 unspecified atom stereocenters. The summed E-state index contributed by atoms with van der Waals surface area (Å²) in [6.45, 7) is 0. The van der Waals surface area contributed by atoms with Crippen molar-refractivity contribution in [2.24, 2.45) is 0 Å². The molecular formula is C6H4AsN2O6. The summed E-state index contributed by atoms with van der Waals surface area (Å²) in [6.07, 6.45) is 0. The quantitative estimate of drug-likeness (QED) is 0.455. The third-order valence-corrected chi connectivity index (χ3v) is 3.20. The van der Waals surface area contributed by atoms with E-state index in [1.54, 1.807) is 0 Å². The molecule has 1 aromatic carbocycles. The van der Waals surface area contributed by atoms with Gasteiger partial charge in [0.05, 0.1) is 0 Å². The van der Waals surface area contributed by atoms with Crippen molar-refractivity contribution in [2.75, 3.05) is 0 Å². The van der Waals surface area contributed by atoms with Crippen molar-refractivity contribution < 1.29 is 17.7 Å². The zero-order valence-electron chi connectivity index (χ0n) is 7.06. The van der Waals surface area contributed by atoms with Gasteiger partial charge in [-0.05, 0) is 0 Å². The van der Waals surface area contributed by atoms with E-state index in [4.69, 9.17) is 4.10 Å². The average molecular weight is 275 g/mol. The van der Waals surface area contributed by atoms with Crippen LogP contribution in [0.2, 0.25) is 0 Å². The van der Waals surface area contributed by atoms with Crippen LogP contribution in [0, 0.1) is 20.2 Å². The number of hydrogen-bond acceptors (Lipinski definition) is 5. The van der Waals surface area contributed by atoms with Crippen LogP contribution in [0.4, 0.5) is 11.4 Å². The van der Waals surface area contributed by atoms with Crippen molar-refractivity contribution in [1.29, 1.82) is 0 Å². The van der Waals surface area contributed by atoms with Gasteiger partial charge in [-0.3, -0.25) is 0 Å². The molecule has 0 bridgehead atoms. The predicted octanol–water partition coefficient (Wildman–Crippen LogP) is -0.379. The van der Waals surface area contributed by atoms with Crippen molar-refractivity contribution in [2.45, 2.75) is 0 Å². The number of rotatable bonds is 3. The van der Waals surface area contributed by atoms with Crippen LogP contribution in [0.15, 0.2) is 18.2 Å². The van der Waals surface area contributed by atoms with Gasteiger partial charge in [0.25, 0.3) is 0 Å². The second-order valence-corrected chi connectivity index (χ2v) is 4.59. The molecule has 9 heteroatoms. The second-order valence-electron chi connectivity index (χ2n) is 2.43. The van der Waals surface area contributed by atoms with Crippen LogP contribution in [0.5, 0.6) is 0 Å². The normalized spacial score (nSPS) is 10.9. The molecule has 0 aliphatic carbocycles. The first-order chi connectivity index (χ1) is 6.95.